The number of hydrogen-bond donors (Lipinski definition) is 1. The average molecular weight is 716 g/mol. The van der Waals surface area contributed by atoms with Crippen LogP contribution in [0.5, 0.6) is 0 Å². The third kappa shape index (κ3) is 7.58. The maximum Gasteiger partial charge on any atom is 0.407 e. The molecule has 2 aliphatic rings. The van der Waals surface area contributed by atoms with Crippen LogP contribution in [0.15, 0.2) is 60.9 Å². The Morgan fingerprint density at radius 3 is 1.66 bits per heavy atom. The zero-order chi connectivity index (χ0) is 35.4. The van der Waals surface area contributed by atoms with Gasteiger partial charge in [0.05, 0.1) is 42.5 Å². The number of esters is 1. The molecule has 1 N–H and O–H groups in total. The van der Waals surface area contributed by atoms with Crippen molar-refractivity contribution in [1.82, 2.24) is 25.1 Å². The smallest absolute Gasteiger partial charge is 0.407 e. The Hall–Kier alpha value is -4.62. The number of rotatable bonds is 10. The largest absolute Gasteiger partial charge is 0.469 e. The molecule has 0 unspecified atom stereocenters. The van der Waals surface area contributed by atoms with E-state index in [9.17, 15) is 19.2 Å². The van der Waals surface area contributed by atoms with Crippen LogP contribution in [0.2, 0.25) is 0 Å². The van der Waals surface area contributed by atoms with E-state index in [0.29, 0.717) is 13.1 Å². The number of likely N-dealkylation sites (tertiary alicyclic amines) is 2. The molecular formula is C37H41N5O6S2. The molecule has 2 saturated heterocycles. The van der Waals surface area contributed by atoms with Gasteiger partial charge in [-0.25, -0.2) is 14.8 Å². The van der Waals surface area contributed by atoms with Crippen molar-refractivity contribution in [3.05, 3.63) is 70.9 Å². The van der Waals surface area contributed by atoms with Gasteiger partial charge < -0.3 is 24.6 Å². The molecule has 0 spiro atoms. The first-order chi connectivity index (χ1) is 24.2. The Bertz CT molecular complexity index is 1710. The molecule has 2 aromatic carbocycles. The lowest BCUT2D eigenvalue weighted by Gasteiger charge is -2.26. The van der Waals surface area contributed by atoms with Crippen LogP contribution in [-0.4, -0.2) is 77.0 Å². The minimum atomic E-state index is -0.682. The number of benzene rings is 2. The minimum absolute atomic E-state index is 0.0331. The maximum atomic E-state index is 13.1. The zero-order valence-corrected chi connectivity index (χ0v) is 30.2. The molecule has 262 valence electrons. The summed E-state index contributed by atoms with van der Waals surface area (Å²) in [7, 11) is 2.62. The molecule has 2 fully saturated rings. The fourth-order valence-corrected chi connectivity index (χ4v) is 8.77. The summed E-state index contributed by atoms with van der Waals surface area (Å²) in [4.78, 5) is 64.7. The molecule has 6 rings (SSSR count). The predicted molar refractivity (Wildman–Crippen MR) is 192 cm³/mol. The summed E-state index contributed by atoms with van der Waals surface area (Å²) in [6, 6.07) is 15.9. The summed E-state index contributed by atoms with van der Waals surface area (Å²) in [6.07, 6.45) is 6.68. The van der Waals surface area contributed by atoms with Crippen LogP contribution in [-0.2, 0) is 23.9 Å². The molecule has 0 radical (unpaired) electrons. The number of carbonyl (C=O) groups excluding carboxylic acids is 4. The Labute approximate surface area is 299 Å². The molecule has 4 heterocycles. The number of ether oxygens (including phenoxy) is 2. The van der Waals surface area contributed by atoms with Gasteiger partial charge in [0.1, 0.15) is 16.1 Å². The van der Waals surface area contributed by atoms with Crippen molar-refractivity contribution >= 4 is 46.6 Å². The Balaban J connectivity index is 1.09. The van der Waals surface area contributed by atoms with Gasteiger partial charge in [-0.05, 0) is 54.9 Å². The van der Waals surface area contributed by atoms with Gasteiger partial charge in [-0.2, -0.15) is 0 Å². The Kier molecular flexibility index (Phi) is 10.9. The molecule has 0 bridgehead atoms. The molecular weight excluding hydrogens is 675 g/mol. The topological polar surface area (TPSA) is 131 Å². The highest BCUT2D eigenvalue weighted by atomic mass is 32.1. The lowest BCUT2D eigenvalue weighted by molar-refractivity contribution is -0.146. The van der Waals surface area contributed by atoms with Crippen molar-refractivity contribution < 1.29 is 28.7 Å². The van der Waals surface area contributed by atoms with Gasteiger partial charge in [0.25, 0.3) is 0 Å². The number of aromatic nitrogens is 2. The van der Waals surface area contributed by atoms with E-state index in [1.165, 1.54) is 14.2 Å². The van der Waals surface area contributed by atoms with Crippen LogP contribution in [0.1, 0.15) is 68.1 Å². The average Bonchev–Trinajstić information content (AvgIpc) is 3.97. The molecule has 0 aliphatic carbocycles. The molecule has 0 saturated carbocycles. The number of methoxy groups -OCH3 is 2. The van der Waals surface area contributed by atoms with E-state index < -0.39 is 18.1 Å². The number of carbonyl (C=O) groups is 4. The number of amides is 3. The lowest BCUT2D eigenvalue weighted by atomic mass is 10.0. The minimum Gasteiger partial charge on any atom is -0.469 e. The van der Waals surface area contributed by atoms with Crippen molar-refractivity contribution in [3.63, 3.8) is 0 Å². The first-order valence-electron chi connectivity index (χ1n) is 16.8. The highest BCUT2D eigenvalue weighted by Gasteiger charge is 2.36. The van der Waals surface area contributed by atoms with E-state index in [-0.39, 0.29) is 36.3 Å². The molecule has 4 aromatic rings. The molecule has 13 heteroatoms. The summed E-state index contributed by atoms with van der Waals surface area (Å²) in [6.45, 7) is 4.74. The first-order valence-corrected chi connectivity index (χ1v) is 18.4. The van der Waals surface area contributed by atoms with Crippen LogP contribution >= 0.6 is 22.7 Å². The fourth-order valence-electron chi connectivity index (χ4n) is 6.63. The normalized spacial score (nSPS) is 18.5. The Morgan fingerprint density at radius 1 is 0.740 bits per heavy atom. The number of nitrogens with one attached hydrogen (secondary N) is 1. The number of alkyl carbamates (subject to hydrolysis) is 1. The zero-order valence-electron chi connectivity index (χ0n) is 28.6. The van der Waals surface area contributed by atoms with E-state index in [1.54, 1.807) is 36.5 Å². The molecule has 50 heavy (non-hydrogen) atoms. The predicted octanol–water partition coefficient (Wildman–Crippen LogP) is 6.87. The summed E-state index contributed by atoms with van der Waals surface area (Å²) in [5.41, 5.74) is 4.31. The van der Waals surface area contributed by atoms with Gasteiger partial charge in [-0.3, -0.25) is 14.4 Å². The van der Waals surface area contributed by atoms with Gasteiger partial charge >= 0.3 is 12.1 Å². The molecule has 11 nitrogen and oxygen atoms in total. The second-order valence-corrected chi connectivity index (χ2v) is 14.8. The van der Waals surface area contributed by atoms with E-state index in [4.69, 9.17) is 14.7 Å². The lowest BCUT2D eigenvalue weighted by Crippen LogP contribution is -2.46. The van der Waals surface area contributed by atoms with Gasteiger partial charge in [0.2, 0.25) is 11.8 Å². The molecule has 3 amide bonds. The summed E-state index contributed by atoms with van der Waals surface area (Å²) in [5.74, 6) is -0.987. The monoisotopic (exact) mass is 715 g/mol. The van der Waals surface area contributed by atoms with Crippen LogP contribution in [0.3, 0.4) is 0 Å². The van der Waals surface area contributed by atoms with Crippen LogP contribution in [0.4, 0.5) is 4.79 Å². The second kappa shape index (κ2) is 15.5. The van der Waals surface area contributed by atoms with Crippen molar-refractivity contribution in [2.45, 2.75) is 64.1 Å². The standard InChI is InChI=1S/C37H41N5O6S2/c1-22(19-32(43)47-3)35(44)41-17-5-7-28(41)33-38-20-30(49-33)26-13-9-24(10-14-26)25-11-15-27(16-12-25)31-21-39-34(50-31)29-8-6-18-42(29)36(45)23(2)40-37(46)48-4/h9-16,20-23,28-29H,5-8,17-19H2,1-4H3,(H,40,46)/t22-,23+,28+,29+/m1/s1. The van der Waals surface area contributed by atoms with Crippen molar-refractivity contribution in [3.8, 4) is 32.0 Å². The summed E-state index contributed by atoms with van der Waals surface area (Å²) >= 11 is 3.20. The first kappa shape index (κ1) is 35.2. The van der Waals surface area contributed by atoms with Crippen LogP contribution < -0.4 is 5.32 Å². The van der Waals surface area contributed by atoms with Crippen LogP contribution in [0, 0.1) is 5.92 Å². The number of hydrogen-bond acceptors (Lipinski definition) is 10. The maximum absolute atomic E-state index is 13.1. The molecule has 4 atom stereocenters. The third-order valence-electron chi connectivity index (χ3n) is 9.37. The number of nitrogens with zero attached hydrogens (tertiary/aromatic N) is 4. The van der Waals surface area contributed by atoms with Crippen molar-refractivity contribution in [1.29, 1.82) is 0 Å². The van der Waals surface area contributed by atoms with Gasteiger partial charge in [-0.15, -0.1) is 22.7 Å². The van der Waals surface area contributed by atoms with Gasteiger partial charge in [-0.1, -0.05) is 55.5 Å². The molecule has 2 aliphatic heterocycles. The van der Waals surface area contributed by atoms with Crippen LogP contribution in [0.25, 0.3) is 32.0 Å². The quantitative estimate of drug-likeness (QED) is 0.176. The van der Waals surface area contributed by atoms with Crippen molar-refractivity contribution in [2.24, 2.45) is 5.92 Å². The van der Waals surface area contributed by atoms with E-state index in [2.05, 4.69) is 58.6 Å². The van der Waals surface area contributed by atoms with Gasteiger partial charge in [0.15, 0.2) is 0 Å². The van der Waals surface area contributed by atoms with E-state index >= 15 is 0 Å². The third-order valence-corrected chi connectivity index (χ3v) is 11.7. The second-order valence-electron chi connectivity index (χ2n) is 12.7. The highest BCUT2D eigenvalue weighted by molar-refractivity contribution is 7.15. The SMILES string of the molecule is COC(=O)C[C@@H](C)C(=O)N1CCC[C@H]1c1ncc(-c2ccc(-c3ccc(-c4cnc([C@@H]5CCCN5C(=O)[C@H](C)NC(=O)OC)s4)cc3)cc2)s1. The fraction of sp³-hybridized carbons (Fsp3) is 0.405. The Morgan fingerprint density at radius 2 is 1.20 bits per heavy atom. The van der Waals surface area contributed by atoms with E-state index in [1.807, 2.05) is 22.2 Å². The van der Waals surface area contributed by atoms with Crippen molar-refractivity contribution in [2.75, 3.05) is 27.3 Å². The summed E-state index contributed by atoms with van der Waals surface area (Å²) in [5, 5.41) is 4.38. The van der Waals surface area contributed by atoms with Gasteiger partial charge in [0, 0.05) is 31.4 Å². The summed E-state index contributed by atoms with van der Waals surface area (Å²) < 4.78 is 9.40. The van der Waals surface area contributed by atoms with E-state index in [0.717, 1.165) is 67.7 Å². The number of thiazole rings is 2. The molecule has 2 aromatic heterocycles. The highest BCUT2D eigenvalue weighted by Crippen LogP contribution is 2.40.